The van der Waals surface area contributed by atoms with E-state index < -0.39 is 0 Å². The molecule has 170 valence electrons. The maximum atomic E-state index is 12.5. The number of nitrogens with zero attached hydrogens (tertiary/aromatic N) is 3. The number of hydrogen-bond acceptors (Lipinski definition) is 7. The highest BCUT2D eigenvalue weighted by Crippen LogP contribution is 2.31. The molecule has 1 amide bonds. The van der Waals surface area contributed by atoms with E-state index in [1.54, 1.807) is 39.5 Å². The van der Waals surface area contributed by atoms with Gasteiger partial charge in [-0.3, -0.25) is 4.79 Å². The van der Waals surface area contributed by atoms with Gasteiger partial charge in [-0.2, -0.15) is 4.98 Å². The molecule has 0 aliphatic carbocycles. The van der Waals surface area contributed by atoms with Gasteiger partial charge >= 0.3 is 0 Å². The van der Waals surface area contributed by atoms with Crippen LogP contribution in [0.5, 0.6) is 17.2 Å². The summed E-state index contributed by atoms with van der Waals surface area (Å²) in [5, 5.41) is 4.01. The smallest absolute Gasteiger partial charge is 0.260 e. The van der Waals surface area contributed by atoms with Crippen LogP contribution < -0.4 is 14.2 Å². The van der Waals surface area contributed by atoms with Crippen molar-refractivity contribution < 1.29 is 23.5 Å². The largest absolute Gasteiger partial charge is 0.497 e. The average Bonchev–Trinajstić information content (AvgIpc) is 3.24. The molecule has 3 rings (SSSR count). The van der Waals surface area contributed by atoms with E-state index in [9.17, 15) is 4.79 Å². The second-order valence-corrected chi connectivity index (χ2v) is 8.39. The number of amides is 1. The van der Waals surface area contributed by atoms with Crippen LogP contribution in [0, 0.1) is 0 Å². The molecule has 0 fully saturated rings. The zero-order valence-corrected chi connectivity index (χ0v) is 19.3. The van der Waals surface area contributed by atoms with Gasteiger partial charge in [-0.15, -0.1) is 0 Å². The van der Waals surface area contributed by atoms with Crippen LogP contribution in [-0.4, -0.2) is 48.8 Å². The Labute approximate surface area is 188 Å². The maximum Gasteiger partial charge on any atom is 0.260 e. The number of carbonyl (C=O) groups is 1. The number of ether oxygens (including phenoxy) is 3. The normalized spacial score (nSPS) is 11.2. The molecule has 1 aromatic heterocycles. The third-order valence-electron chi connectivity index (χ3n) is 5.00. The van der Waals surface area contributed by atoms with E-state index >= 15 is 0 Å². The van der Waals surface area contributed by atoms with Crippen molar-refractivity contribution in [1.29, 1.82) is 0 Å². The Balaban J connectivity index is 1.59. The molecule has 0 aliphatic heterocycles. The van der Waals surface area contributed by atoms with Crippen LogP contribution in [0.25, 0.3) is 11.4 Å². The molecule has 0 radical (unpaired) electrons. The molecule has 8 heteroatoms. The first-order valence-corrected chi connectivity index (χ1v) is 10.2. The van der Waals surface area contributed by atoms with E-state index in [2.05, 4.69) is 30.9 Å². The van der Waals surface area contributed by atoms with E-state index in [1.807, 2.05) is 24.3 Å². The van der Waals surface area contributed by atoms with Crippen molar-refractivity contribution in [3.63, 3.8) is 0 Å². The molecule has 32 heavy (non-hydrogen) atoms. The second-order valence-electron chi connectivity index (χ2n) is 8.39. The minimum Gasteiger partial charge on any atom is -0.497 e. The van der Waals surface area contributed by atoms with Gasteiger partial charge in [0.2, 0.25) is 11.7 Å². The monoisotopic (exact) mass is 439 g/mol. The van der Waals surface area contributed by atoms with Crippen molar-refractivity contribution in [1.82, 2.24) is 15.0 Å². The van der Waals surface area contributed by atoms with Crippen LogP contribution >= 0.6 is 0 Å². The summed E-state index contributed by atoms with van der Waals surface area (Å²) in [6.45, 7) is 6.52. The summed E-state index contributed by atoms with van der Waals surface area (Å²) in [7, 11) is 4.80. The molecule has 2 aromatic carbocycles. The molecule has 1 heterocycles. The Morgan fingerprint density at radius 3 is 2.34 bits per heavy atom. The fourth-order valence-electron chi connectivity index (χ4n) is 3.01. The van der Waals surface area contributed by atoms with Crippen LogP contribution in [0.4, 0.5) is 0 Å². The Bertz CT molecular complexity index is 1050. The van der Waals surface area contributed by atoms with Crippen molar-refractivity contribution >= 4 is 5.91 Å². The van der Waals surface area contributed by atoms with Gasteiger partial charge in [-0.25, -0.2) is 0 Å². The lowest BCUT2D eigenvalue weighted by Crippen LogP contribution is -2.31. The second kappa shape index (κ2) is 9.72. The van der Waals surface area contributed by atoms with Crippen molar-refractivity contribution in [3.05, 3.63) is 53.9 Å². The molecule has 0 N–H and O–H groups in total. The SMILES string of the molecule is COc1ccc(-c2noc(CN(C)C(=O)COc3ccc(C(C)(C)C)cc3)n2)c(OC)c1. The number of carbonyl (C=O) groups excluding carboxylic acids is 1. The molecule has 0 unspecified atom stereocenters. The van der Waals surface area contributed by atoms with Crippen LogP contribution in [0.1, 0.15) is 32.2 Å². The van der Waals surface area contributed by atoms with Gasteiger partial charge in [-0.05, 0) is 35.2 Å². The molecular formula is C24H29N3O5. The van der Waals surface area contributed by atoms with Crippen LogP contribution in [0.2, 0.25) is 0 Å². The van der Waals surface area contributed by atoms with Crippen molar-refractivity contribution in [2.75, 3.05) is 27.9 Å². The van der Waals surface area contributed by atoms with Gasteiger partial charge in [0.05, 0.1) is 26.3 Å². The lowest BCUT2D eigenvalue weighted by atomic mass is 9.87. The van der Waals surface area contributed by atoms with Crippen LogP contribution in [-0.2, 0) is 16.8 Å². The summed E-state index contributed by atoms with van der Waals surface area (Å²) >= 11 is 0. The highest BCUT2D eigenvalue weighted by atomic mass is 16.5. The Morgan fingerprint density at radius 2 is 1.72 bits per heavy atom. The van der Waals surface area contributed by atoms with Gasteiger partial charge in [-0.1, -0.05) is 38.1 Å². The minimum atomic E-state index is -0.202. The lowest BCUT2D eigenvalue weighted by Gasteiger charge is -2.19. The lowest BCUT2D eigenvalue weighted by molar-refractivity contribution is -0.132. The van der Waals surface area contributed by atoms with E-state index in [0.717, 1.165) is 0 Å². The van der Waals surface area contributed by atoms with Gasteiger partial charge in [0, 0.05) is 13.1 Å². The molecule has 0 saturated carbocycles. The third-order valence-corrected chi connectivity index (χ3v) is 5.00. The Hall–Kier alpha value is -3.55. The molecule has 0 spiro atoms. The van der Waals surface area contributed by atoms with Gasteiger partial charge < -0.3 is 23.6 Å². The number of hydrogen-bond donors (Lipinski definition) is 0. The molecule has 0 saturated heterocycles. The zero-order chi connectivity index (χ0) is 23.3. The van der Waals surface area contributed by atoms with E-state index in [1.165, 1.54) is 10.5 Å². The van der Waals surface area contributed by atoms with E-state index in [0.29, 0.717) is 34.5 Å². The predicted molar refractivity (Wildman–Crippen MR) is 120 cm³/mol. The first-order valence-electron chi connectivity index (χ1n) is 10.2. The third kappa shape index (κ3) is 5.57. The molecule has 0 bridgehead atoms. The number of likely N-dealkylation sites (N-methyl/N-ethyl adjacent to an activating group) is 1. The first kappa shape index (κ1) is 23.1. The van der Waals surface area contributed by atoms with E-state index in [4.69, 9.17) is 18.7 Å². The summed E-state index contributed by atoms with van der Waals surface area (Å²) in [5.41, 5.74) is 1.93. The Morgan fingerprint density at radius 1 is 1.03 bits per heavy atom. The molecule has 0 atom stereocenters. The number of benzene rings is 2. The summed E-state index contributed by atoms with van der Waals surface area (Å²) in [4.78, 5) is 18.3. The summed E-state index contributed by atoms with van der Waals surface area (Å²) in [6.07, 6.45) is 0. The average molecular weight is 440 g/mol. The standard InChI is InChI=1S/C24H29N3O5/c1-24(2,3)16-7-9-17(10-8-16)31-15-22(28)27(4)14-21-25-23(26-32-21)19-12-11-18(29-5)13-20(19)30-6/h7-13H,14-15H2,1-6H3. The predicted octanol–water partition coefficient (Wildman–Crippen LogP) is 4.09. The summed E-state index contributed by atoms with van der Waals surface area (Å²) in [6, 6.07) is 13.1. The van der Waals surface area contributed by atoms with Crippen molar-refractivity contribution in [2.24, 2.45) is 0 Å². The Kier molecular flexibility index (Phi) is 7.02. The van der Waals surface area contributed by atoms with E-state index in [-0.39, 0.29) is 24.5 Å². The van der Waals surface area contributed by atoms with Gasteiger partial charge in [0.15, 0.2) is 6.61 Å². The first-order chi connectivity index (χ1) is 15.2. The fraction of sp³-hybridized carbons (Fsp3) is 0.375. The van der Waals surface area contributed by atoms with Crippen molar-refractivity contribution in [3.8, 4) is 28.6 Å². The zero-order valence-electron chi connectivity index (χ0n) is 19.3. The molecule has 8 nitrogen and oxygen atoms in total. The minimum absolute atomic E-state index is 0.0628. The van der Waals surface area contributed by atoms with Crippen molar-refractivity contribution in [2.45, 2.75) is 32.7 Å². The van der Waals surface area contributed by atoms with Gasteiger partial charge in [0.25, 0.3) is 5.91 Å². The van der Waals surface area contributed by atoms with Crippen LogP contribution in [0.15, 0.2) is 47.0 Å². The van der Waals surface area contributed by atoms with Gasteiger partial charge in [0.1, 0.15) is 17.2 Å². The number of rotatable bonds is 8. The maximum absolute atomic E-state index is 12.5. The quantitative estimate of drug-likeness (QED) is 0.522. The fourth-order valence-corrected chi connectivity index (χ4v) is 3.01. The summed E-state index contributed by atoms with van der Waals surface area (Å²) < 4.78 is 21.6. The van der Waals surface area contributed by atoms with Crippen LogP contribution in [0.3, 0.4) is 0 Å². The summed E-state index contributed by atoms with van der Waals surface area (Å²) in [5.74, 6) is 2.34. The molecule has 3 aromatic rings. The topological polar surface area (TPSA) is 86.9 Å². The number of methoxy groups -OCH3 is 2. The molecular weight excluding hydrogens is 410 g/mol. The highest BCUT2D eigenvalue weighted by molar-refractivity contribution is 5.77. The molecule has 0 aliphatic rings. The number of aromatic nitrogens is 2. The highest BCUT2D eigenvalue weighted by Gasteiger charge is 2.18.